The van der Waals surface area contributed by atoms with Gasteiger partial charge < -0.3 is 16.4 Å². The fourth-order valence-electron chi connectivity index (χ4n) is 2.33. The van der Waals surface area contributed by atoms with E-state index in [0.29, 0.717) is 35.9 Å². The van der Waals surface area contributed by atoms with Gasteiger partial charge in [-0.1, -0.05) is 25.4 Å². The predicted octanol–water partition coefficient (Wildman–Crippen LogP) is 1.97. The number of nitrogens with two attached hydrogens (primary N) is 1. The molecule has 0 aliphatic carbocycles. The maximum atomic E-state index is 12.6. The van der Waals surface area contributed by atoms with Crippen molar-refractivity contribution >= 4 is 29.2 Å². The van der Waals surface area contributed by atoms with Crippen molar-refractivity contribution in [3.05, 3.63) is 28.8 Å². The van der Waals surface area contributed by atoms with Gasteiger partial charge in [0.25, 0.3) is 5.91 Å². The Hall–Kier alpha value is -1.79. The summed E-state index contributed by atoms with van der Waals surface area (Å²) in [7, 11) is 0. The first-order chi connectivity index (χ1) is 10.8. The molecule has 0 bridgehead atoms. The highest BCUT2D eigenvalue weighted by Crippen LogP contribution is 2.25. The number of halogens is 1. The monoisotopic (exact) mass is 338 g/mol. The van der Waals surface area contributed by atoms with Gasteiger partial charge >= 0.3 is 6.03 Å². The fourth-order valence-corrected chi connectivity index (χ4v) is 2.53. The van der Waals surface area contributed by atoms with Gasteiger partial charge in [-0.2, -0.15) is 0 Å². The van der Waals surface area contributed by atoms with Gasteiger partial charge in [-0.15, -0.1) is 0 Å². The minimum Gasteiger partial charge on any atom is -0.345 e. The lowest BCUT2D eigenvalue weighted by molar-refractivity contribution is 0.0883. The molecular formula is C16H23ClN4O2. The minimum absolute atomic E-state index is 0.169. The molecule has 3 amide bonds. The van der Waals surface area contributed by atoms with E-state index in [1.54, 1.807) is 23.1 Å². The Morgan fingerprint density at radius 2 is 2.22 bits per heavy atom. The van der Waals surface area contributed by atoms with Crippen LogP contribution >= 0.6 is 11.6 Å². The normalized spacial score (nSPS) is 17.1. The molecule has 23 heavy (non-hydrogen) atoms. The SMILES string of the molecule is CC(C)[C@](C)(CN)NC(=O)c1cc(N2CCNC2=O)ccc1Cl. The van der Waals surface area contributed by atoms with Crippen molar-refractivity contribution in [3.63, 3.8) is 0 Å². The summed E-state index contributed by atoms with van der Waals surface area (Å²) in [5, 5.41) is 6.03. The summed E-state index contributed by atoms with van der Waals surface area (Å²) in [5.41, 5.74) is 6.27. The molecular weight excluding hydrogens is 316 g/mol. The van der Waals surface area contributed by atoms with Gasteiger partial charge in [0.1, 0.15) is 0 Å². The summed E-state index contributed by atoms with van der Waals surface area (Å²) in [6, 6.07) is 4.83. The molecule has 2 rings (SSSR count). The fraction of sp³-hybridized carbons (Fsp3) is 0.500. The maximum absolute atomic E-state index is 12.6. The standard InChI is InChI=1S/C16H23ClN4O2/c1-10(2)16(3,9-18)20-14(22)12-8-11(4-5-13(12)17)21-7-6-19-15(21)23/h4-5,8,10H,6-7,9,18H2,1-3H3,(H,19,23)(H,20,22)/t16-/m0/s1. The molecule has 126 valence electrons. The van der Waals surface area contributed by atoms with Crippen LogP contribution in [0.5, 0.6) is 0 Å². The molecule has 0 radical (unpaired) electrons. The summed E-state index contributed by atoms with van der Waals surface area (Å²) in [4.78, 5) is 26.0. The largest absolute Gasteiger partial charge is 0.345 e. The summed E-state index contributed by atoms with van der Waals surface area (Å²) >= 11 is 6.17. The number of carbonyl (C=O) groups is 2. The molecule has 1 fully saturated rings. The van der Waals surface area contributed by atoms with E-state index in [-0.39, 0.29) is 17.9 Å². The van der Waals surface area contributed by atoms with Crippen LogP contribution in [0.3, 0.4) is 0 Å². The summed E-state index contributed by atoms with van der Waals surface area (Å²) < 4.78 is 0. The van der Waals surface area contributed by atoms with Gasteiger partial charge in [0, 0.05) is 25.3 Å². The van der Waals surface area contributed by atoms with Crippen LogP contribution in [0.2, 0.25) is 5.02 Å². The van der Waals surface area contributed by atoms with Gasteiger partial charge in [0.15, 0.2) is 0 Å². The van der Waals surface area contributed by atoms with Crippen LogP contribution in [-0.2, 0) is 0 Å². The van der Waals surface area contributed by atoms with Crippen LogP contribution in [0.1, 0.15) is 31.1 Å². The number of hydrogen-bond donors (Lipinski definition) is 3. The summed E-state index contributed by atoms with van der Waals surface area (Å²) in [5.74, 6) is -0.124. The third-order valence-electron chi connectivity index (χ3n) is 4.46. The van der Waals surface area contributed by atoms with Crippen LogP contribution < -0.4 is 21.3 Å². The first-order valence-corrected chi connectivity index (χ1v) is 8.04. The third kappa shape index (κ3) is 3.59. The van der Waals surface area contributed by atoms with Gasteiger partial charge in [0.05, 0.1) is 16.1 Å². The average molecular weight is 339 g/mol. The Bertz CT molecular complexity index is 620. The van der Waals surface area contributed by atoms with Crippen LogP contribution in [0.4, 0.5) is 10.5 Å². The number of anilines is 1. The number of urea groups is 1. The average Bonchev–Trinajstić information content (AvgIpc) is 2.93. The number of rotatable bonds is 5. The molecule has 0 saturated carbocycles. The molecule has 6 nitrogen and oxygen atoms in total. The van der Waals surface area contributed by atoms with E-state index >= 15 is 0 Å². The molecule has 1 aromatic carbocycles. The highest BCUT2D eigenvalue weighted by atomic mass is 35.5. The summed E-state index contributed by atoms with van der Waals surface area (Å²) in [6.45, 7) is 7.37. The maximum Gasteiger partial charge on any atom is 0.321 e. The molecule has 1 aliphatic rings. The number of carbonyl (C=O) groups excluding carboxylic acids is 2. The van der Waals surface area contributed by atoms with Gasteiger partial charge in [-0.05, 0) is 31.0 Å². The molecule has 1 aliphatic heterocycles. The van der Waals surface area contributed by atoms with E-state index in [2.05, 4.69) is 10.6 Å². The molecule has 0 aromatic heterocycles. The van der Waals surface area contributed by atoms with Crippen molar-refractivity contribution in [1.29, 1.82) is 0 Å². The second-order valence-electron chi connectivity index (χ2n) is 6.28. The molecule has 1 heterocycles. The van der Waals surface area contributed by atoms with Crippen molar-refractivity contribution in [2.45, 2.75) is 26.3 Å². The number of nitrogens with zero attached hydrogens (tertiary/aromatic N) is 1. The van der Waals surface area contributed by atoms with E-state index in [0.717, 1.165) is 0 Å². The van der Waals surface area contributed by atoms with Crippen molar-refractivity contribution < 1.29 is 9.59 Å². The molecule has 4 N–H and O–H groups in total. The lowest BCUT2D eigenvalue weighted by Gasteiger charge is -2.33. The Morgan fingerprint density at radius 1 is 1.52 bits per heavy atom. The van der Waals surface area contributed by atoms with Gasteiger partial charge in [-0.3, -0.25) is 9.69 Å². The topological polar surface area (TPSA) is 87.5 Å². The van der Waals surface area contributed by atoms with Crippen molar-refractivity contribution in [2.75, 3.05) is 24.5 Å². The molecule has 0 unspecified atom stereocenters. The molecule has 1 aromatic rings. The molecule has 1 saturated heterocycles. The Balaban J connectivity index is 2.28. The summed E-state index contributed by atoms with van der Waals surface area (Å²) in [6.07, 6.45) is 0. The van der Waals surface area contributed by atoms with Gasteiger partial charge in [0.2, 0.25) is 0 Å². The Kier molecular flexibility index (Phi) is 5.16. The first kappa shape index (κ1) is 17.6. The lowest BCUT2D eigenvalue weighted by Crippen LogP contribution is -2.55. The van der Waals surface area contributed by atoms with Crippen LogP contribution in [0.15, 0.2) is 18.2 Å². The van der Waals surface area contributed by atoms with Crippen molar-refractivity contribution in [3.8, 4) is 0 Å². The number of amides is 3. The van der Waals surface area contributed by atoms with Gasteiger partial charge in [-0.25, -0.2) is 4.79 Å². The van der Waals surface area contributed by atoms with E-state index in [4.69, 9.17) is 17.3 Å². The third-order valence-corrected chi connectivity index (χ3v) is 4.79. The lowest BCUT2D eigenvalue weighted by atomic mass is 9.88. The van der Waals surface area contributed by atoms with E-state index < -0.39 is 5.54 Å². The first-order valence-electron chi connectivity index (χ1n) is 7.66. The number of hydrogen-bond acceptors (Lipinski definition) is 3. The predicted molar refractivity (Wildman–Crippen MR) is 92.0 cm³/mol. The second kappa shape index (κ2) is 6.76. The van der Waals surface area contributed by atoms with E-state index in [1.165, 1.54) is 0 Å². The van der Waals surface area contributed by atoms with Crippen molar-refractivity contribution in [1.82, 2.24) is 10.6 Å². The zero-order valence-corrected chi connectivity index (χ0v) is 14.4. The van der Waals surface area contributed by atoms with E-state index in [1.807, 2.05) is 20.8 Å². The van der Waals surface area contributed by atoms with Crippen LogP contribution in [-0.4, -0.2) is 37.1 Å². The number of nitrogens with one attached hydrogen (secondary N) is 2. The quantitative estimate of drug-likeness (QED) is 0.767. The highest BCUT2D eigenvalue weighted by molar-refractivity contribution is 6.34. The zero-order valence-electron chi connectivity index (χ0n) is 13.6. The van der Waals surface area contributed by atoms with Crippen molar-refractivity contribution in [2.24, 2.45) is 11.7 Å². The Morgan fingerprint density at radius 3 is 2.74 bits per heavy atom. The van der Waals surface area contributed by atoms with Crippen LogP contribution in [0, 0.1) is 5.92 Å². The second-order valence-corrected chi connectivity index (χ2v) is 6.69. The molecule has 7 heteroatoms. The van der Waals surface area contributed by atoms with Crippen LogP contribution in [0.25, 0.3) is 0 Å². The number of benzene rings is 1. The zero-order chi connectivity index (χ0) is 17.2. The molecule has 1 atom stereocenters. The highest BCUT2D eigenvalue weighted by Gasteiger charge is 2.30. The smallest absolute Gasteiger partial charge is 0.321 e. The van der Waals surface area contributed by atoms with E-state index in [9.17, 15) is 9.59 Å². The minimum atomic E-state index is -0.526. The Labute approximate surface area is 141 Å². The molecule has 0 spiro atoms.